The molecule has 1 amide bonds. The summed E-state index contributed by atoms with van der Waals surface area (Å²) < 4.78 is 21.9. The van der Waals surface area contributed by atoms with Gasteiger partial charge in [0.25, 0.3) is 5.91 Å². The molecule has 0 unspecified atom stereocenters. The molecule has 0 saturated carbocycles. The Morgan fingerprint density at radius 2 is 1.54 bits per heavy atom. The van der Waals surface area contributed by atoms with Crippen molar-refractivity contribution in [3.63, 3.8) is 0 Å². The summed E-state index contributed by atoms with van der Waals surface area (Å²) in [5.41, 5.74) is 2.70. The minimum Gasteiger partial charge on any atom is -0.493 e. The van der Waals surface area contributed by atoms with E-state index in [1.165, 1.54) is 0 Å². The minimum atomic E-state index is -0.197. The molecule has 0 saturated heterocycles. The van der Waals surface area contributed by atoms with Crippen LogP contribution in [0.5, 0.6) is 17.2 Å². The third kappa shape index (κ3) is 5.41. The first-order valence-corrected chi connectivity index (χ1v) is 11.3. The van der Waals surface area contributed by atoms with E-state index in [1.54, 1.807) is 68.7 Å². The van der Waals surface area contributed by atoms with Crippen LogP contribution in [0.3, 0.4) is 0 Å². The number of hydrogen-bond donors (Lipinski definition) is 0. The lowest BCUT2D eigenvalue weighted by Gasteiger charge is -2.22. The molecule has 35 heavy (non-hydrogen) atoms. The largest absolute Gasteiger partial charge is 0.493 e. The predicted octanol–water partition coefficient (Wildman–Crippen LogP) is 5.86. The molecule has 0 N–H and O–H groups in total. The van der Waals surface area contributed by atoms with E-state index in [0.29, 0.717) is 51.4 Å². The van der Waals surface area contributed by atoms with Crippen LogP contribution in [0.25, 0.3) is 11.3 Å². The van der Waals surface area contributed by atoms with E-state index in [4.69, 9.17) is 30.3 Å². The van der Waals surface area contributed by atoms with E-state index in [2.05, 4.69) is 5.16 Å². The van der Waals surface area contributed by atoms with E-state index >= 15 is 0 Å². The van der Waals surface area contributed by atoms with Gasteiger partial charge in [0.2, 0.25) is 5.75 Å². The van der Waals surface area contributed by atoms with Crippen molar-refractivity contribution in [2.75, 3.05) is 21.3 Å². The Morgan fingerprint density at radius 1 is 0.886 bits per heavy atom. The van der Waals surface area contributed by atoms with Gasteiger partial charge in [0.05, 0.1) is 38.5 Å². The Morgan fingerprint density at radius 3 is 2.17 bits per heavy atom. The number of carbonyl (C=O) groups excluding carboxylic acids is 1. The van der Waals surface area contributed by atoms with Gasteiger partial charge in [0.15, 0.2) is 17.3 Å². The highest BCUT2D eigenvalue weighted by molar-refractivity contribution is 6.33. The fourth-order valence-electron chi connectivity index (χ4n) is 3.75. The molecule has 3 aromatic carbocycles. The lowest BCUT2D eigenvalue weighted by Crippen LogP contribution is -2.30. The van der Waals surface area contributed by atoms with Crippen LogP contribution in [0.15, 0.2) is 77.3 Å². The number of carbonyl (C=O) groups is 1. The topological polar surface area (TPSA) is 74.0 Å². The number of benzene rings is 3. The quantitative estimate of drug-likeness (QED) is 0.291. The molecule has 0 atom stereocenters. The Hall–Kier alpha value is -3.97. The molecule has 1 heterocycles. The van der Waals surface area contributed by atoms with Crippen LogP contribution in [-0.2, 0) is 13.1 Å². The molecule has 7 nitrogen and oxygen atoms in total. The van der Waals surface area contributed by atoms with Crippen molar-refractivity contribution >= 4 is 17.5 Å². The molecule has 0 bridgehead atoms. The van der Waals surface area contributed by atoms with E-state index in [0.717, 1.165) is 5.56 Å². The maximum absolute atomic E-state index is 13.4. The van der Waals surface area contributed by atoms with Crippen LogP contribution < -0.4 is 14.2 Å². The van der Waals surface area contributed by atoms with Gasteiger partial charge in [-0.05, 0) is 29.8 Å². The van der Waals surface area contributed by atoms with E-state index in [1.807, 2.05) is 30.3 Å². The monoisotopic (exact) mass is 492 g/mol. The SMILES string of the molecule is COc1cc(-c2cc(CN(Cc3ccccc3)C(=O)c3ccccc3Cl)no2)cc(OC)c1OC. The van der Waals surface area contributed by atoms with E-state index < -0.39 is 0 Å². The van der Waals surface area contributed by atoms with Gasteiger partial charge in [0, 0.05) is 18.2 Å². The number of halogens is 1. The molecule has 0 aliphatic rings. The standard InChI is InChI=1S/C27H25ClN2O5/c1-32-24-13-19(14-25(33-2)26(24)34-3)23-15-20(29-35-23)17-30(16-18-9-5-4-6-10-18)27(31)21-11-7-8-12-22(21)28/h4-15H,16-17H2,1-3H3. The molecule has 4 rings (SSSR count). The summed E-state index contributed by atoms with van der Waals surface area (Å²) in [7, 11) is 4.65. The Labute approximate surface area is 208 Å². The first-order valence-electron chi connectivity index (χ1n) is 10.9. The summed E-state index contributed by atoms with van der Waals surface area (Å²) in [6.45, 7) is 0.615. The summed E-state index contributed by atoms with van der Waals surface area (Å²) in [5.74, 6) is 1.79. The predicted molar refractivity (Wildman–Crippen MR) is 133 cm³/mol. The summed E-state index contributed by atoms with van der Waals surface area (Å²) in [4.78, 5) is 15.1. The minimum absolute atomic E-state index is 0.197. The van der Waals surface area contributed by atoms with Crippen LogP contribution in [0.1, 0.15) is 21.6 Å². The zero-order valence-electron chi connectivity index (χ0n) is 19.7. The van der Waals surface area contributed by atoms with Gasteiger partial charge in [-0.25, -0.2) is 0 Å². The van der Waals surface area contributed by atoms with Crippen LogP contribution in [0, 0.1) is 0 Å². The number of hydrogen-bond acceptors (Lipinski definition) is 6. The van der Waals surface area contributed by atoms with Crippen molar-refractivity contribution in [1.82, 2.24) is 10.1 Å². The number of rotatable bonds is 9. The Kier molecular flexibility index (Phi) is 7.57. The zero-order chi connectivity index (χ0) is 24.8. The average Bonchev–Trinajstić information content (AvgIpc) is 3.36. The Balaban J connectivity index is 1.64. The second kappa shape index (κ2) is 11.0. The first-order chi connectivity index (χ1) is 17.0. The Bertz CT molecular complexity index is 1280. The smallest absolute Gasteiger partial charge is 0.256 e. The van der Waals surface area contributed by atoms with Crippen molar-refractivity contribution in [3.8, 4) is 28.6 Å². The lowest BCUT2D eigenvalue weighted by molar-refractivity contribution is 0.0726. The van der Waals surface area contributed by atoms with Gasteiger partial charge < -0.3 is 23.6 Å². The fourth-order valence-corrected chi connectivity index (χ4v) is 3.97. The number of nitrogens with zero attached hydrogens (tertiary/aromatic N) is 2. The molecule has 180 valence electrons. The maximum Gasteiger partial charge on any atom is 0.256 e. The van der Waals surface area contributed by atoms with E-state index in [9.17, 15) is 4.79 Å². The van der Waals surface area contributed by atoms with Crippen LogP contribution in [0.2, 0.25) is 5.02 Å². The highest BCUT2D eigenvalue weighted by Gasteiger charge is 2.22. The number of aromatic nitrogens is 1. The molecule has 0 aliphatic carbocycles. The van der Waals surface area contributed by atoms with Gasteiger partial charge in [-0.2, -0.15) is 0 Å². The number of methoxy groups -OCH3 is 3. The van der Waals surface area contributed by atoms with E-state index in [-0.39, 0.29) is 12.5 Å². The number of amides is 1. The zero-order valence-corrected chi connectivity index (χ0v) is 20.4. The maximum atomic E-state index is 13.4. The summed E-state index contributed by atoms with van der Waals surface area (Å²) in [6, 6.07) is 22.1. The third-order valence-corrected chi connectivity index (χ3v) is 5.80. The van der Waals surface area contributed by atoms with Gasteiger partial charge in [-0.15, -0.1) is 0 Å². The molecule has 8 heteroatoms. The van der Waals surface area contributed by atoms with Crippen LogP contribution in [-0.4, -0.2) is 37.3 Å². The molecule has 0 spiro atoms. The second-order valence-electron chi connectivity index (χ2n) is 7.72. The molecule has 4 aromatic rings. The van der Waals surface area contributed by atoms with Crippen molar-refractivity contribution in [2.45, 2.75) is 13.1 Å². The normalized spacial score (nSPS) is 10.6. The van der Waals surface area contributed by atoms with Crippen LogP contribution in [0.4, 0.5) is 0 Å². The average molecular weight is 493 g/mol. The van der Waals surface area contributed by atoms with Crippen molar-refractivity contribution in [1.29, 1.82) is 0 Å². The highest BCUT2D eigenvalue weighted by Crippen LogP contribution is 2.41. The van der Waals surface area contributed by atoms with Gasteiger partial charge >= 0.3 is 0 Å². The molecule has 0 aliphatic heterocycles. The summed E-state index contributed by atoms with van der Waals surface area (Å²) in [6.07, 6.45) is 0. The number of ether oxygens (including phenoxy) is 3. The molecule has 1 aromatic heterocycles. The second-order valence-corrected chi connectivity index (χ2v) is 8.13. The van der Waals surface area contributed by atoms with Gasteiger partial charge in [0.1, 0.15) is 5.69 Å². The van der Waals surface area contributed by atoms with Gasteiger partial charge in [-0.1, -0.05) is 59.2 Å². The highest BCUT2D eigenvalue weighted by atomic mass is 35.5. The fraction of sp³-hybridized carbons (Fsp3) is 0.185. The first kappa shape index (κ1) is 24.2. The summed E-state index contributed by atoms with van der Waals surface area (Å²) >= 11 is 6.32. The van der Waals surface area contributed by atoms with Crippen molar-refractivity contribution < 1.29 is 23.5 Å². The van der Waals surface area contributed by atoms with Crippen molar-refractivity contribution in [2.24, 2.45) is 0 Å². The third-order valence-electron chi connectivity index (χ3n) is 5.47. The summed E-state index contributed by atoms with van der Waals surface area (Å²) in [5, 5.41) is 4.61. The molecule has 0 radical (unpaired) electrons. The lowest BCUT2D eigenvalue weighted by atomic mass is 10.1. The molecular formula is C27H25ClN2O5. The molecule has 0 fully saturated rings. The van der Waals surface area contributed by atoms with Crippen molar-refractivity contribution in [3.05, 3.63) is 94.6 Å². The van der Waals surface area contributed by atoms with Crippen LogP contribution >= 0.6 is 11.6 Å². The van der Waals surface area contributed by atoms with Gasteiger partial charge in [-0.3, -0.25) is 4.79 Å². The molecular weight excluding hydrogens is 468 g/mol.